The molecule has 19 heavy (non-hydrogen) atoms. The lowest BCUT2D eigenvalue weighted by Gasteiger charge is -2.30. The predicted molar refractivity (Wildman–Crippen MR) is 72.9 cm³/mol. The highest BCUT2D eigenvalue weighted by atomic mass is 28.4. The quantitative estimate of drug-likeness (QED) is 0.455. The van der Waals surface area contributed by atoms with Crippen LogP contribution in [0.1, 0.15) is 25.0 Å². The van der Waals surface area contributed by atoms with Crippen molar-refractivity contribution in [3.8, 4) is 5.75 Å². The summed E-state index contributed by atoms with van der Waals surface area (Å²) >= 11 is 0. The lowest BCUT2D eigenvalue weighted by molar-refractivity contribution is -0.131. The molecule has 0 fully saturated rings. The van der Waals surface area contributed by atoms with Gasteiger partial charge in [-0.25, -0.2) is 0 Å². The molecule has 0 spiro atoms. The van der Waals surface area contributed by atoms with Crippen molar-refractivity contribution in [1.82, 2.24) is 0 Å². The summed E-state index contributed by atoms with van der Waals surface area (Å²) in [6, 6.07) is 7.24. The molecule has 5 nitrogen and oxygen atoms in total. The average molecular weight is 284 g/mol. The van der Waals surface area contributed by atoms with Crippen LogP contribution in [0.5, 0.6) is 5.75 Å². The van der Waals surface area contributed by atoms with Gasteiger partial charge in [0.05, 0.1) is 5.54 Å². The topological polar surface area (TPSA) is 54.0 Å². The summed E-state index contributed by atoms with van der Waals surface area (Å²) in [7, 11) is 2.04. The van der Waals surface area contributed by atoms with Crippen LogP contribution in [0.25, 0.3) is 0 Å². The molecule has 0 heterocycles. The second-order valence-corrected chi connectivity index (χ2v) is 7.40. The van der Waals surface area contributed by atoms with Gasteiger partial charge >= 0.3 is 14.8 Å². The Morgan fingerprint density at radius 3 is 1.89 bits per heavy atom. The molecule has 0 saturated carbocycles. The van der Waals surface area contributed by atoms with E-state index in [0.29, 0.717) is 5.75 Å². The van der Waals surface area contributed by atoms with Crippen molar-refractivity contribution < 1.29 is 22.8 Å². The monoisotopic (exact) mass is 284 g/mol. The molecule has 0 amide bonds. The molecule has 0 aliphatic carbocycles. The first-order valence-electron chi connectivity index (χ1n) is 5.93. The maximum Gasteiger partial charge on any atom is 0.507 e. The standard InChI is InChI=1S/C13H20O5Si/c1-10(19(15-3,16-4)17-5)12-6-8-13(9-7-12)18-11(2)14/h6-10H,1-5H3. The number of esters is 1. The number of hydrogen-bond donors (Lipinski definition) is 0. The Bertz CT molecular complexity index is 405. The summed E-state index contributed by atoms with van der Waals surface area (Å²) in [4.78, 5) is 10.9. The smallest absolute Gasteiger partial charge is 0.427 e. The van der Waals surface area contributed by atoms with E-state index < -0.39 is 8.80 Å². The molecule has 0 N–H and O–H groups in total. The van der Waals surface area contributed by atoms with Crippen LogP contribution < -0.4 is 4.74 Å². The summed E-state index contributed by atoms with van der Waals surface area (Å²) < 4.78 is 21.4. The van der Waals surface area contributed by atoms with Crippen LogP contribution in [-0.2, 0) is 18.1 Å². The normalized spacial score (nSPS) is 13.1. The van der Waals surface area contributed by atoms with Crippen LogP contribution in [0.3, 0.4) is 0 Å². The van der Waals surface area contributed by atoms with Crippen molar-refractivity contribution in [2.75, 3.05) is 21.3 Å². The van der Waals surface area contributed by atoms with Crippen molar-refractivity contribution in [3.05, 3.63) is 29.8 Å². The van der Waals surface area contributed by atoms with Crippen molar-refractivity contribution >= 4 is 14.8 Å². The molecule has 0 aliphatic rings. The minimum atomic E-state index is -2.72. The van der Waals surface area contributed by atoms with Gasteiger partial charge in [0.25, 0.3) is 0 Å². The molecule has 1 aromatic rings. The Labute approximate surface area is 114 Å². The zero-order valence-electron chi connectivity index (χ0n) is 11.9. The number of carbonyl (C=O) groups is 1. The fraction of sp³-hybridized carbons (Fsp3) is 0.462. The molecule has 1 unspecified atom stereocenters. The zero-order valence-corrected chi connectivity index (χ0v) is 12.9. The Morgan fingerprint density at radius 1 is 1.05 bits per heavy atom. The van der Waals surface area contributed by atoms with E-state index in [9.17, 15) is 4.79 Å². The zero-order chi connectivity index (χ0) is 14.5. The van der Waals surface area contributed by atoms with E-state index in [-0.39, 0.29) is 11.5 Å². The van der Waals surface area contributed by atoms with Crippen molar-refractivity contribution in [3.63, 3.8) is 0 Å². The Kier molecular flexibility index (Phi) is 5.68. The number of carbonyl (C=O) groups excluding carboxylic acids is 1. The molecule has 0 saturated heterocycles. The SMILES string of the molecule is CO[Si](OC)(OC)C(C)c1ccc(OC(C)=O)cc1. The van der Waals surface area contributed by atoms with Crippen LogP contribution in [-0.4, -0.2) is 36.1 Å². The second-order valence-electron chi connectivity index (χ2n) is 4.10. The van der Waals surface area contributed by atoms with Crippen LogP contribution in [0.15, 0.2) is 24.3 Å². The summed E-state index contributed by atoms with van der Waals surface area (Å²) in [6.07, 6.45) is 0. The van der Waals surface area contributed by atoms with E-state index >= 15 is 0 Å². The fourth-order valence-corrected chi connectivity index (χ4v) is 4.14. The highest BCUT2D eigenvalue weighted by Gasteiger charge is 2.45. The van der Waals surface area contributed by atoms with Crippen LogP contribution in [0.2, 0.25) is 0 Å². The van der Waals surface area contributed by atoms with Crippen molar-refractivity contribution in [2.24, 2.45) is 0 Å². The molecule has 0 bridgehead atoms. The van der Waals surface area contributed by atoms with Gasteiger partial charge in [-0.05, 0) is 17.7 Å². The first kappa shape index (κ1) is 15.8. The molecule has 106 valence electrons. The van der Waals surface area contributed by atoms with Crippen LogP contribution >= 0.6 is 0 Å². The van der Waals surface area contributed by atoms with Gasteiger partial charge in [-0.15, -0.1) is 0 Å². The minimum absolute atomic E-state index is 0.0149. The number of ether oxygens (including phenoxy) is 1. The fourth-order valence-electron chi connectivity index (χ4n) is 1.97. The molecule has 1 atom stereocenters. The van der Waals surface area contributed by atoms with E-state index in [0.717, 1.165) is 5.56 Å². The van der Waals surface area contributed by atoms with Gasteiger partial charge in [0.15, 0.2) is 0 Å². The summed E-state index contributed by atoms with van der Waals surface area (Å²) in [6.45, 7) is 3.36. The molecule has 0 radical (unpaired) electrons. The van der Waals surface area contributed by atoms with E-state index in [1.807, 2.05) is 19.1 Å². The Morgan fingerprint density at radius 2 is 1.53 bits per heavy atom. The van der Waals surface area contributed by atoms with E-state index in [1.165, 1.54) is 6.92 Å². The van der Waals surface area contributed by atoms with E-state index in [4.69, 9.17) is 18.0 Å². The van der Waals surface area contributed by atoms with E-state index in [1.54, 1.807) is 33.5 Å². The first-order valence-corrected chi connectivity index (χ1v) is 7.73. The third kappa shape index (κ3) is 3.63. The summed E-state index contributed by atoms with van der Waals surface area (Å²) in [5.74, 6) is 0.179. The predicted octanol–water partition coefficient (Wildman–Crippen LogP) is 2.13. The number of hydrogen-bond acceptors (Lipinski definition) is 5. The molecule has 0 aromatic heterocycles. The average Bonchev–Trinajstić information content (AvgIpc) is 2.41. The van der Waals surface area contributed by atoms with Gasteiger partial charge in [0.1, 0.15) is 5.75 Å². The molecule has 1 aromatic carbocycles. The second kappa shape index (κ2) is 6.81. The maximum atomic E-state index is 10.9. The lowest BCUT2D eigenvalue weighted by atomic mass is 10.1. The highest BCUT2D eigenvalue weighted by Crippen LogP contribution is 2.29. The Hall–Kier alpha value is -1.21. The molecule has 0 aliphatic heterocycles. The molecule has 6 heteroatoms. The number of benzene rings is 1. The molecule has 1 rings (SSSR count). The van der Waals surface area contributed by atoms with Crippen molar-refractivity contribution in [1.29, 1.82) is 0 Å². The van der Waals surface area contributed by atoms with Gasteiger partial charge in [-0.1, -0.05) is 19.1 Å². The largest absolute Gasteiger partial charge is 0.507 e. The van der Waals surface area contributed by atoms with Gasteiger partial charge in [-0.2, -0.15) is 0 Å². The lowest BCUT2D eigenvalue weighted by Crippen LogP contribution is -2.48. The molecular weight excluding hydrogens is 264 g/mol. The minimum Gasteiger partial charge on any atom is -0.427 e. The summed E-state index contributed by atoms with van der Waals surface area (Å²) in [5.41, 5.74) is 0.993. The van der Waals surface area contributed by atoms with E-state index in [2.05, 4.69) is 0 Å². The van der Waals surface area contributed by atoms with Crippen LogP contribution in [0, 0.1) is 0 Å². The van der Waals surface area contributed by atoms with Crippen LogP contribution in [0.4, 0.5) is 0 Å². The third-order valence-corrected chi connectivity index (χ3v) is 6.13. The Balaban J connectivity index is 2.93. The number of rotatable bonds is 6. The maximum absolute atomic E-state index is 10.9. The van der Waals surface area contributed by atoms with Gasteiger partial charge in [0, 0.05) is 28.3 Å². The summed E-state index contributed by atoms with van der Waals surface area (Å²) in [5, 5.41) is 0. The van der Waals surface area contributed by atoms with Gasteiger partial charge in [0.2, 0.25) is 0 Å². The highest BCUT2D eigenvalue weighted by molar-refractivity contribution is 6.62. The first-order chi connectivity index (χ1) is 8.99. The third-order valence-electron chi connectivity index (χ3n) is 3.03. The van der Waals surface area contributed by atoms with Gasteiger partial charge in [-0.3, -0.25) is 4.79 Å². The van der Waals surface area contributed by atoms with Crippen molar-refractivity contribution in [2.45, 2.75) is 19.4 Å². The molecular formula is C13H20O5Si. The van der Waals surface area contributed by atoms with Gasteiger partial charge < -0.3 is 18.0 Å².